The monoisotopic (exact) mass is 353 g/mol. The van der Waals surface area contributed by atoms with Crippen LogP contribution in [0.1, 0.15) is 18.9 Å². The third-order valence-corrected chi connectivity index (χ3v) is 5.33. The normalized spacial score (nSPS) is 13.2. The first-order valence-electron chi connectivity index (χ1n) is 6.34. The van der Waals surface area contributed by atoms with Gasteiger partial charge < -0.3 is 9.84 Å². The molecular formula is C13H20ClNO4S2. The molecule has 21 heavy (non-hydrogen) atoms. The molecule has 0 spiro atoms. The molecule has 8 heteroatoms. The Labute approximate surface area is 135 Å². The molecule has 5 nitrogen and oxygen atoms in total. The van der Waals surface area contributed by atoms with E-state index in [1.807, 2.05) is 6.26 Å². The molecule has 1 rings (SSSR count). The number of hydrogen-bond acceptors (Lipinski definition) is 5. The first-order valence-corrected chi connectivity index (χ1v) is 9.59. The zero-order chi connectivity index (χ0) is 16.0. The zero-order valence-electron chi connectivity index (χ0n) is 12.2. The fourth-order valence-electron chi connectivity index (χ4n) is 1.85. The molecule has 120 valence electrons. The number of rotatable bonds is 8. The van der Waals surface area contributed by atoms with Crippen LogP contribution in [0.3, 0.4) is 0 Å². The number of aliphatic hydroxyl groups excluding tert-OH is 1. The quantitative estimate of drug-likeness (QED) is 0.749. The van der Waals surface area contributed by atoms with Gasteiger partial charge in [0.1, 0.15) is 10.6 Å². The van der Waals surface area contributed by atoms with Crippen LogP contribution in [-0.2, 0) is 16.6 Å². The number of sulfonamides is 1. The van der Waals surface area contributed by atoms with Crippen LogP contribution >= 0.6 is 23.4 Å². The Kier molecular flexibility index (Phi) is 7.29. The van der Waals surface area contributed by atoms with E-state index in [4.69, 9.17) is 16.3 Å². The van der Waals surface area contributed by atoms with Gasteiger partial charge >= 0.3 is 0 Å². The maximum absolute atomic E-state index is 12.5. The predicted molar refractivity (Wildman–Crippen MR) is 86.7 cm³/mol. The predicted octanol–water partition coefficient (Wildman–Crippen LogP) is 2.26. The smallest absolute Gasteiger partial charge is 0.244 e. The van der Waals surface area contributed by atoms with Crippen molar-refractivity contribution in [1.82, 2.24) is 4.72 Å². The molecule has 0 aromatic heterocycles. The first kappa shape index (κ1) is 18.6. The van der Waals surface area contributed by atoms with Crippen LogP contribution in [0.15, 0.2) is 17.0 Å². The second-order valence-corrected chi connectivity index (χ2v) is 7.66. The minimum atomic E-state index is -3.77. The Morgan fingerprint density at radius 1 is 1.48 bits per heavy atom. The molecule has 0 heterocycles. The van der Waals surface area contributed by atoms with Crippen molar-refractivity contribution in [3.05, 3.63) is 22.7 Å². The van der Waals surface area contributed by atoms with Gasteiger partial charge in [-0.15, -0.1) is 0 Å². The minimum Gasteiger partial charge on any atom is -0.495 e. The molecule has 0 radical (unpaired) electrons. The third kappa shape index (κ3) is 5.03. The van der Waals surface area contributed by atoms with Gasteiger partial charge in [0.15, 0.2) is 0 Å². The summed E-state index contributed by atoms with van der Waals surface area (Å²) in [7, 11) is -2.41. The van der Waals surface area contributed by atoms with E-state index in [0.717, 1.165) is 12.2 Å². The minimum absolute atomic E-state index is 0.0578. The van der Waals surface area contributed by atoms with Crippen LogP contribution in [0.2, 0.25) is 5.02 Å². The number of hydrogen-bond donors (Lipinski definition) is 2. The maximum Gasteiger partial charge on any atom is 0.244 e. The highest BCUT2D eigenvalue weighted by molar-refractivity contribution is 7.98. The molecule has 1 unspecified atom stereocenters. The largest absolute Gasteiger partial charge is 0.495 e. The summed E-state index contributed by atoms with van der Waals surface area (Å²) in [6, 6.07) is 2.60. The van der Waals surface area contributed by atoms with Crippen molar-refractivity contribution in [2.45, 2.75) is 30.9 Å². The highest BCUT2D eigenvalue weighted by Gasteiger charge is 2.24. The summed E-state index contributed by atoms with van der Waals surface area (Å²) in [5.74, 6) is 0.976. The van der Waals surface area contributed by atoms with Crippen LogP contribution < -0.4 is 9.46 Å². The fourth-order valence-corrected chi connectivity index (χ4v) is 4.26. The molecular weight excluding hydrogens is 334 g/mol. The van der Waals surface area contributed by atoms with Crippen molar-refractivity contribution in [3.63, 3.8) is 0 Å². The van der Waals surface area contributed by atoms with E-state index in [1.165, 1.54) is 19.2 Å². The summed E-state index contributed by atoms with van der Waals surface area (Å²) in [5, 5.41) is 9.54. The van der Waals surface area contributed by atoms with Gasteiger partial charge in [-0.05, 0) is 37.5 Å². The van der Waals surface area contributed by atoms with Crippen LogP contribution in [0.25, 0.3) is 0 Å². The number of thioether (sulfide) groups is 1. The van der Waals surface area contributed by atoms with Gasteiger partial charge in [0.05, 0.1) is 13.7 Å². The molecule has 1 atom stereocenters. The summed E-state index contributed by atoms with van der Waals surface area (Å²) in [5.41, 5.74) is 0.335. The lowest BCUT2D eigenvalue weighted by atomic mass is 10.2. The molecule has 0 saturated carbocycles. The molecule has 0 fully saturated rings. The molecule has 0 aliphatic carbocycles. The molecule has 0 aliphatic rings. The number of aliphatic hydroxyl groups is 1. The van der Waals surface area contributed by atoms with Crippen molar-refractivity contribution in [2.24, 2.45) is 0 Å². The summed E-state index contributed by atoms with van der Waals surface area (Å²) in [6.07, 6.45) is 2.69. The van der Waals surface area contributed by atoms with Gasteiger partial charge in [0.25, 0.3) is 0 Å². The second-order valence-electron chi connectivity index (χ2n) is 4.56. The Balaban J connectivity index is 3.15. The van der Waals surface area contributed by atoms with Crippen LogP contribution in [0.4, 0.5) is 0 Å². The highest BCUT2D eigenvalue weighted by atomic mass is 35.5. The van der Waals surface area contributed by atoms with Gasteiger partial charge in [-0.3, -0.25) is 0 Å². The number of nitrogens with one attached hydrogen (secondary N) is 1. The first-order chi connectivity index (χ1) is 9.85. The van der Waals surface area contributed by atoms with E-state index in [1.54, 1.807) is 18.7 Å². The number of benzene rings is 1. The zero-order valence-corrected chi connectivity index (χ0v) is 14.6. The molecule has 1 aromatic rings. The van der Waals surface area contributed by atoms with Gasteiger partial charge in [0.2, 0.25) is 10.0 Å². The van der Waals surface area contributed by atoms with Gasteiger partial charge in [-0.2, -0.15) is 11.8 Å². The molecule has 0 amide bonds. The lowest BCUT2D eigenvalue weighted by Gasteiger charge is -2.17. The fraction of sp³-hybridized carbons (Fsp3) is 0.538. The second kappa shape index (κ2) is 8.24. The third-order valence-electron chi connectivity index (χ3n) is 2.87. The van der Waals surface area contributed by atoms with E-state index in [2.05, 4.69) is 4.72 Å². The summed E-state index contributed by atoms with van der Waals surface area (Å²) in [4.78, 5) is -0.0578. The van der Waals surface area contributed by atoms with Crippen molar-refractivity contribution >= 4 is 33.4 Å². The Hall–Kier alpha value is -0.470. The average Bonchev–Trinajstić information content (AvgIpc) is 2.43. The van der Waals surface area contributed by atoms with E-state index in [-0.39, 0.29) is 28.3 Å². The van der Waals surface area contributed by atoms with E-state index >= 15 is 0 Å². The molecule has 0 bridgehead atoms. The Morgan fingerprint density at radius 2 is 2.14 bits per heavy atom. The number of ether oxygens (including phenoxy) is 1. The Bertz CT molecular complexity index is 578. The van der Waals surface area contributed by atoms with E-state index in [9.17, 15) is 13.5 Å². The van der Waals surface area contributed by atoms with E-state index < -0.39 is 10.0 Å². The molecule has 1 aromatic carbocycles. The van der Waals surface area contributed by atoms with Gasteiger partial charge in [0, 0.05) is 16.6 Å². The van der Waals surface area contributed by atoms with Crippen molar-refractivity contribution in [3.8, 4) is 5.75 Å². The number of methoxy groups -OCH3 is 1. The van der Waals surface area contributed by atoms with Crippen molar-refractivity contribution in [2.75, 3.05) is 19.1 Å². The lowest BCUT2D eigenvalue weighted by Crippen LogP contribution is -2.33. The molecule has 2 N–H and O–H groups in total. The Morgan fingerprint density at radius 3 is 2.67 bits per heavy atom. The van der Waals surface area contributed by atoms with Crippen LogP contribution in [-0.4, -0.2) is 38.7 Å². The highest BCUT2D eigenvalue weighted by Crippen LogP contribution is 2.32. The topological polar surface area (TPSA) is 75.6 Å². The van der Waals surface area contributed by atoms with Crippen molar-refractivity contribution in [1.29, 1.82) is 0 Å². The maximum atomic E-state index is 12.5. The summed E-state index contributed by atoms with van der Waals surface area (Å²) in [6.45, 7) is 1.45. The molecule has 0 saturated heterocycles. The summed E-state index contributed by atoms with van der Waals surface area (Å²) < 4.78 is 32.7. The van der Waals surface area contributed by atoms with Crippen LogP contribution in [0.5, 0.6) is 5.75 Å². The standard InChI is InChI=1S/C13H20ClNO4S2/c1-9(4-5-20-3)15-21(17,18)12-7-11(14)6-10(8-16)13(12)19-2/h6-7,9,15-16H,4-5,8H2,1-3H3. The van der Waals surface area contributed by atoms with Gasteiger partial charge in [-0.25, -0.2) is 13.1 Å². The summed E-state index contributed by atoms with van der Waals surface area (Å²) >= 11 is 7.58. The lowest BCUT2D eigenvalue weighted by molar-refractivity contribution is 0.272. The SMILES string of the molecule is COc1c(CO)cc(Cl)cc1S(=O)(=O)NC(C)CCSC. The average molecular weight is 354 g/mol. The van der Waals surface area contributed by atoms with Crippen LogP contribution in [0, 0.1) is 0 Å². The van der Waals surface area contributed by atoms with Crippen molar-refractivity contribution < 1.29 is 18.3 Å². The molecule has 0 aliphatic heterocycles. The number of halogens is 1. The van der Waals surface area contributed by atoms with Gasteiger partial charge in [-0.1, -0.05) is 11.6 Å². The van der Waals surface area contributed by atoms with E-state index in [0.29, 0.717) is 5.56 Å².